The zero-order valence-corrected chi connectivity index (χ0v) is 15.3. The minimum absolute atomic E-state index is 0.123. The van der Waals surface area contributed by atoms with E-state index in [1.807, 2.05) is 24.3 Å². The second-order valence-electron chi connectivity index (χ2n) is 6.26. The fraction of sp³-hybridized carbons (Fsp3) is 0.190. The molecule has 0 spiro atoms. The van der Waals surface area contributed by atoms with Crippen LogP contribution in [0.5, 0.6) is 0 Å². The van der Waals surface area contributed by atoms with Crippen molar-refractivity contribution in [3.8, 4) is 0 Å². The number of benzene rings is 2. The molecule has 0 fully saturated rings. The van der Waals surface area contributed by atoms with Crippen molar-refractivity contribution in [1.29, 1.82) is 0 Å². The van der Waals surface area contributed by atoms with E-state index in [1.165, 1.54) is 6.08 Å². The summed E-state index contributed by atoms with van der Waals surface area (Å²) >= 11 is 0. The smallest absolute Gasteiger partial charge is 0.367 e. The molecular formula is C21H18F3N3O2. The van der Waals surface area contributed by atoms with Crippen LogP contribution < -0.4 is 5.32 Å². The number of carbonyl (C=O) groups excluding carboxylic acids is 1. The maximum Gasteiger partial charge on any atom is 0.411 e. The Bertz CT molecular complexity index is 1000. The molecule has 0 atom stereocenters. The quantitative estimate of drug-likeness (QED) is 0.607. The zero-order chi connectivity index (χ0) is 20.7. The molecule has 0 saturated heterocycles. The third-order valence-corrected chi connectivity index (χ3v) is 3.90. The van der Waals surface area contributed by atoms with Crippen LogP contribution in [0.1, 0.15) is 16.8 Å². The van der Waals surface area contributed by atoms with Crippen LogP contribution in [0.4, 0.5) is 13.2 Å². The van der Waals surface area contributed by atoms with Crippen LogP contribution in [0.25, 0.3) is 17.1 Å². The number of hydrogen-bond donors (Lipinski definition) is 1. The Hall–Kier alpha value is -3.26. The number of fused-ring (bicyclic) bond motifs is 1. The highest BCUT2D eigenvalue weighted by atomic mass is 19.4. The molecule has 0 saturated carbocycles. The van der Waals surface area contributed by atoms with E-state index in [2.05, 4.69) is 20.0 Å². The number of aromatic nitrogens is 2. The van der Waals surface area contributed by atoms with Gasteiger partial charge in [-0.3, -0.25) is 9.78 Å². The normalized spacial score (nSPS) is 11.8. The molecule has 3 rings (SSSR count). The average molecular weight is 401 g/mol. The molecule has 8 heteroatoms. The number of alkyl halides is 3. The van der Waals surface area contributed by atoms with Gasteiger partial charge in [0.2, 0.25) is 5.91 Å². The predicted molar refractivity (Wildman–Crippen MR) is 103 cm³/mol. The molecule has 150 valence electrons. The highest BCUT2D eigenvalue weighted by Crippen LogP contribution is 2.16. The maximum atomic E-state index is 12.1. The molecule has 1 amide bonds. The van der Waals surface area contributed by atoms with Gasteiger partial charge in [-0.25, -0.2) is 4.98 Å². The number of hydrogen-bond acceptors (Lipinski definition) is 4. The second kappa shape index (κ2) is 9.29. The van der Waals surface area contributed by atoms with Crippen LogP contribution in [0.3, 0.4) is 0 Å². The van der Waals surface area contributed by atoms with Gasteiger partial charge < -0.3 is 10.1 Å². The topological polar surface area (TPSA) is 64.1 Å². The summed E-state index contributed by atoms with van der Waals surface area (Å²) in [5.74, 6) is -0.294. The number of nitrogens with one attached hydrogen (secondary N) is 1. The summed E-state index contributed by atoms with van der Waals surface area (Å²) < 4.78 is 40.8. The Labute approximate surface area is 165 Å². The largest absolute Gasteiger partial charge is 0.411 e. The van der Waals surface area contributed by atoms with Crippen LogP contribution in [0, 0.1) is 0 Å². The van der Waals surface area contributed by atoms with Crippen LogP contribution in [0.2, 0.25) is 0 Å². The maximum absolute atomic E-state index is 12.1. The number of ether oxygens (including phenoxy) is 1. The zero-order valence-electron chi connectivity index (χ0n) is 15.3. The van der Waals surface area contributed by atoms with E-state index < -0.39 is 12.8 Å². The molecule has 1 heterocycles. The molecule has 0 aliphatic carbocycles. The van der Waals surface area contributed by atoms with Crippen LogP contribution in [-0.4, -0.2) is 28.7 Å². The molecule has 0 bridgehead atoms. The summed E-state index contributed by atoms with van der Waals surface area (Å²) in [4.78, 5) is 20.7. The fourth-order valence-electron chi connectivity index (χ4n) is 2.50. The number of nitrogens with zero attached hydrogens (tertiary/aromatic N) is 2. The number of amides is 1. The highest BCUT2D eigenvalue weighted by Gasteiger charge is 2.27. The molecule has 0 aliphatic rings. The summed E-state index contributed by atoms with van der Waals surface area (Å²) in [6.07, 6.45) is 0.204. The lowest BCUT2D eigenvalue weighted by atomic mass is 10.1. The van der Waals surface area contributed by atoms with Crippen molar-refractivity contribution in [2.24, 2.45) is 0 Å². The van der Waals surface area contributed by atoms with Gasteiger partial charge in [0, 0.05) is 12.6 Å². The predicted octanol–water partition coefficient (Wildman–Crippen LogP) is 4.04. The van der Waals surface area contributed by atoms with Gasteiger partial charge in [0.25, 0.3) is 0 Å². The minimum Gasteiger partial charge on any atom is -0.367 e. The molecule has 1 aromatic heterocycles. The first-order valence-corrected chi connectivity index (χ1v) is 8.79. The Kier molecular flexibility index (Phi) is 6.56. The molecule has 1 N–H and O–H groups in total. The van der Waals surface area contributed by atoms with E-state index in [0.717, 1.165) is 16.6 Å². The van der Waals surface area contributed by atoms with E-state index in [1.54, 1.807) is 36.5 Å². The second-order valence-corrected chi connectivity index (χ2v) is 6.26. The van der Waals surface area contributed by atoms with E-state index in [9.17, 15) is 18.0 Å². The Morgan fingerprint density at radius 3 is 2.45 bits per heavy atom. The SMILES string of the molecule is O=C(/C=C/c1cnc2ccccc2n1)NCc1ccc(COCC(F)(F)F)cc1. The Morgan fingerprint density at radius 2 is 1.72 bits per heavy atom. The molecule has 0 aliphatic heterocycles. The summed E-state index contributed by atoms with van der Waals surface area (Å²) in [6, 6.07) is 14.2. The number of para-hydroxylation sites is 2. The lowest BCUT2D eigenvalue weighted by Gasteiger charge is -2.08. The molecule has 3 aromatic rings. The lowest BCUT2D eigenvalue weighted by Crippen LogP contribution is -2.20. The van der Waals surface area contributed by atoms with Crippen molar-refractivity contribution in [2.45, 2.75) is 19.3 Å². The van der Waals surface area contributed by atoms with E-state index in [-0.39, 0.29) is 19.1 Å². The number of carbonyl (C=O) groups is 1. The summed E-state index contributed by atoms with van der Waals surface area (Å²) in [5, 5.41) is 2.73. The molecular weight excluding hydrogens is 383 g/mol. The molecule has 2 aromatic carbocycles. The number of halogens is 3. The third kappa shape index (κ3) is 6.69. The summed E-state index contributed by atoms with van der Waals surface area (Å²) in [7, 11) is 0. The van der Waals surface area contributed by atoms with Gasteiger partial charge in [0.05, 0.1) is 29.5 Å². The van der Waals surface area contributed by atoms with Gasteiger partial charge in [-0.05, 0) is 29.3 Å². The van der Waals surface area contributed by atoms with Gasteiger partial charge in [0.15, 0.2) is 0 Å². The molecule has 29 heavy (non-hydrogen) atoms. The van der Waals surface area contributed by atoms with Crippen LogP contribution >= 0.6 is 0 Å². The first-order valence-electron chi connectivity index (χ1n) is 8.79. The third-order valence-electron chi connectivity index (χ3n) is 3.90. The lowest BCUT2D eigenvalue weighted by molar-refractivity contribution is -0.176. The van der Waals surface area contributed by atoms with Gasteiger partial charge in [-0.15, -0.1) is 0 Å². The van der Waals surface area contributed by atoms with Gasteiger partial charge in [-0.2, -0.15) is 13.2 Å². The van der Waals surface area contributed by atoms with Crippen molar-refractivity contribution in [2.75, 3.05) is 6.61 Å². The van der Waals surface area contributed by atoms with Crippen LogP contribution in [0.15, 0.2) is 60.8 Å². The van der Waals surface area contributed by atoms with E-state index >= 15 is 0 Å². The van der Waals surface area contributed by atoms with E-state index in [0.29, 0.717) is 11.3 Å². The first-order chi connectivity index (χ1) is 13.9. The van der Waals surface area contributed by atoms with Gasteiger partial charge >= 0.3 is 6.18 Å². The monoisotopic (exact) mass is 401 g/mol. The van der Waals surface area contributed by atoms with Crippen molar-refractivity contribution < 1.29 is 22.7 Å². The minimum atomic E-state index is -4.34. The van der Waals surface area contributed by atoms with Crippen molar-refractivity contribution in [3.63, 3.8) is 0 Å². The van der Waals surface area contributed by atoms with E-state index in [4.69, 9.17) is 0 Å². The standard InChI is InChI=1S/C21H18F3N3O2/c22-21(23,24)14-29-13-16-7-5-15(6-8-16)11-26-20(28)10-9-17-12-25-18-3-1-2-4-19(18)27-17/h1-10,12H,11,13-14H2,(H,26,28)/b10-9+. The molecule has 5 nitrogen and oxygen atoms in total. The van der Waals surface area contributed by atoms with Crippen molar-refractivity contribution >= 4 is 23.0 Å². The van der Waals surface area contributed by atoms with Gasteiger partial charge in [-0.1, -0.05) is 36.4 Å². The first kappa shape index (κ1) is 20.5. The fourth-order valence-corrected chi connectivity index (χ4v) is 2.50. The number of rotatable bonds is 7. The highest BCUT2D eigenvalue weighted by molar-refractivity contribution is 5.91. The summed E-state index contributed by atoms with van der Waals surface area (Å²) in [6.45, 7) is -1.11. The molecule has 0 unspecified atom stereocenters. The Morgan fingerprint density at radius 1 is 1.03 bits per heavy atom. The van der Waals surface area contributed by atoms with Crippen LogP contribution in [-0.2, 0) is 22.7 Å². The van der Waals surface area contributed by atoms with Gasteiger partial charge in [0.1, 0.15) is 6.61 Å². The molecule has 0 radical (unpaired) electrons. The average Bonchev–Trinajstić information content (AvgIpc) is 2.70. The Balaban J connectivity index is 1.47. The van der Waals surface area contributed by atoms with Crippen molar-refractivity contribution in [3.05, 3.63) is 77.6 Å². The summed E-state index contributed by atoms with van der Waals surface area (Å²) in [5.41, 5.74) is 3.54. The van der Waals surface area contributed by atoms with Crippen molar-refractivity contribution in [1.82, 2.24) is 15.3 Å².